The number of halogens is 3. The van der Waals surface area contributed by atoms with Gasteiger partial charge in [0, 0.05) is 10.6 Å². The maximum absolute atomic E-state index is 12.6. The average molecular weight is 284 g/mol. The molecule has 19 heavy (non-hydrogen) atoms. The Morgan fingerprint density at radius 1 is 1.42 bits per heavy atom. The molecule has 0 fully saturated rings. The quantitative estimate of drug-likeness (QED) is 0.797. The van der Waals surface area contributed by atoms with Gasteiger partial charge in [0.25, 0.3) is 0 Å². The fourth-order valence-electron chi connectivity index (χ4n) is 1.83. The number of fused-ring (bicyclic) bond motifs is 1. The fourth-order valence-corrected chi connectivity index (χ4v) is 2.82. The SMILES string of the molecule is CCCC1=Nc2cc(C(F)(F)F)ccc2SC1C#N. The van der Waals surface area contributed by atoms with Crippen molar-refractivity contribution in [2.24, 2.45) is 4.99 Å². The van der Waals surface area contributed by atoms with Gasteiger partial charge in [-0.3, -0.25) is 4.99 Å². The number of hydrogen-bond donors (Lipinski definition) is 0. The topological polar surface area (TPSA) is 36.1 Å². The maximum atomic E-state index is 12.6. The van der Waals surface area contributed by atoms with E-state index in [9.17, 15) is 13.2 Å². The lowest BCUT2D eigenvalue weighted by Crippen LogP contribution is -2.17. The molecular weight excluding hydrogens is 273 g/mol. The van der Waals surface area contributed by atoms with Gasteiger partial charge in [0.05, 0.1) is 17.3 Å². The predicted molar refractivity (Wildman–Crippen MR) is 68.7 cm³/mol. The Bertz CT molecular complexity index is 558. The Kier molecular flexibility index (Phi) is 3.85. The van der Waals surface area contributed by atoms with Crippen LogP contribution in [0.15, 0.2) is 28.1 Å². The van der Waals surface area contributed by atoms with Crippen LogP contribution < -0.4 is 0 Å². The van der Waals surface area contributed by atoms with Gasteiger partial charge < -0.3 is 0 Å². The summed E-state index contributed by atoms with van der Waals surface area (Å²) in [5.41, 5.74) is 0.262. The van der Waals surface area contributed by atoms with Crippen LogP contribution in [0.2, 0.25) is 0 Å². The van der Waals surface area contributed by atoms with E-state index in [-0.39, 0.29) is 0 Å². The van der Waals surface area contributed by atoms with E-state index in [1.54, 1.807) is 0 Å². The summed E-state index contributed by atoms with van der Waals surface area (Å²) >= 11 is 1.27. The van der Waals surface area contributed by atoms with Crippen LogP contribution in [0.5, 0.6) is 0 Å². The zero-order valence-corrected chi connectivity index (χ0v) is 11.0. The molecule has 2 nitrogen and oxygen atoms in total. The van der Waals surface area contributed by atoms with E-state index in [1.807, 2.05) is 6.92 Å². The van der Waals surface area contributed by atoms with Crippen molar-refractivity contribution in [1.82, 2.24) is 0 Å². The highest BCUT2D eigenvalue weighted by Crippen LogP contribution is 2.41. The third-order valence-corrected chi connectivity index (χ3v) is 3.93. The molecule has 0 aromatic heterocycles. The van der Waals surface area contributed by atoms with Crippen molar-refractivity contribution in [3.8, 4) is 6.07 Å². The lowest BCUT2D eigenvalue weighted by molar-refractivity contribution is -0.137. The van der Waals surface area contributed by atoms with Gasteiger partial charge >= 0.3 is 6.18 Å². The van der Waals surface area contributed by atoms with E-state index in [4.69, 9.17) is 5.26 Å². The number of hydrogen-bond acceptors (Lipinski definition) is 3. The molecule has 1 heterocycles. The first-order valence-corrected chi connectivity index (χ1v) is 6.68. The highest BCUT2D eigenvalue weighted by atomic mass is 32.2. The molecule has 1 aromatic rings. The molecular formula is C13H11F3N2S. The van der Waals surface area contributed by atoms with E-state index in [2.05, 4.69) is 11.1 Å². The lowest BCUT2D eigenvalue weighted by Gasteiger charge is -2.20. The highest BCUT2D eigenvalue weighted by Gasteiger charge is 2.32. The first-order chi connectivity index (χ1) is 8.95. The van der Waals surface area contributed by atoms with Gasteiger partial charge in [-0.25, -0.2) is 0 Å². The number of alkyl halides is 3. The predicted octanol–water partition coefficient (Wildman–Crippen LogP) is 4.58. The molecule has 0 radical (unpaired) electrons. The number of aliphatic imine (C=N–C) groups is 1. The molecule has 0 saturated heterocycles. The van der Waals surface area contributed by atoms with E-state index < -0.39 is 17.0 Å². The minimum atomic E-state index is -4.37. The molecule has 2 rings (SSSR count). The molecule has 1 aromatic carbocycles. The van der Waals surface area contributed by atoms with Crippen molar-refractivity contribution >= 4 is 23.2 Å². The molecule has 0 saturated carbocycles. The lowest BCUT2D eigenvalue weighted by atomic mass is 10.1. The number of nitriles is 1. The number of nitrogens with zero attached hydrogens (tertiary/aromatic N) is 2. The summed E-state index contributed by atoms with van der Waals surface area (Å²) in [6.45, 7) is 1.95. The van der Waals surface area contributed by atoms with E-state index in [1.165, 1.54) is 17.8 Å². The minimum Gasteiger partial charge on any atom is -0.254 e. The van der Waals surface area contributed by atoms with Gasteiger partial charge in [-0.15, -0.1) is 0 Å². The second-order valence-corrected chi connectivity index (χ2v) is 5.31. The second kappa shape index (κ2) is 5.25. The van der Waals surface area contributed by atoms with Crippen LogP contribution in [0.25, 0.3) is 0 Å². The van der Waals surface area contributed by atoms with Crippen molar-refractivity contribution in [3.63, 3.8) is 0 Å². The summed E-state index contributed by atoms with van der Waals surface area (Å²) < 4.78 is 37.9. The zero-order chi connectivity index (χ0) is 14.0. The highest BCUT2D eigenvalue weighted by molar-refractivity contribution is 8.01. The van der Waals surface area contributed by atoms with E-state index in [0.29, 0.717) is 22.7 Å². The molecule has 0 amide bonds. The summed E-state index contributed by atoms with van der Waals surface area (Å²) in [7, 11) is 0. The van der Waals surface area contributed by atoms with Crippen molar-refractivity contribution in [2.75, 3.05) is 0 Å². The molecule has 1 atom stereocenters. The maximum Gasteiger partial charge on any atom is 0.416 e. The molecule has 1 unspecified atom stereocenters. The summed E-state index contributed by atoms with van der Waals surface area (Å²) in [6.07, 6.45) is -2.93. The Labute approximate surface area is 113 Å². The van der Waals surface area contributed by atoms with Crippen LogP contribution in [-0.2, 0) is 6.18 Å². The third kappa shape index (κ3) is 2.92. The van der Waals surface area contributed by atoms with E-state index in [0.717, 1.165) is 18.6 Å². The molecule has 1 aliphatic heterocycles. The van der Waals surface area contributed by atoms with Crippen LogP contribution in [-0.4, -0.2) is 11.0 Å². The smallest absolute Gasteiger partial charge is 0.254 e. The van der Waals surface area contributed by atoms with Gasteiger partial charge in [-0.05, 0) is 24.6 Å². The Balaban J connectivity index is 2.44. The van der Waals surface area contributed by atoms with Gasteiger partial charge in [0.1, 0.15) is 5.25 Å². The van der Waals surface area contributed by atoms with E-state index >= 15 is 0 Å². The summed E-state index contributed by atoms with van der Waals surface area (Å²) in [6, 6.07) is 5.60. The van der Waals surface area contributed by atoms with Crippen LogP contribution >= 0.6 is 11.8 Å². The van der Waals surface area contributed by atoms with Crippen molar-refractivity contribution < 1.29 is 13.2 Å². The molecule has 6 heteroatoms. The van der Waals surface area contributed by atoms with Crippen LogP contribution in [0.1, 0.15) is 25.3 Å². The Morgan fingerprint density at radius 3 is 2.74 bits per heavy atom. The third-order valence-electron chi connectivity index (χ3n) is 2.72. The number of thioether (sulfide) groups is 1. The second-order valence-electron chi connectivity index (χ2n) is 4.16. The van der Waals surface area contributed by atoms with Crippen molar-refractivity contribution in [1.29, 1.82) is 5.26 Å². The molecule has 0 N–H and O–H groups in total. The minimum absolute atomic E-state index is 0.315. The molecule has 0 bridgehead atoms. The van der Waals surface area contributed by atoms with Gasteiger partial charge in [-0.1, -0.05) is 25.1 Å². The molecule has 0 spiro atoms. The largest absolute Gasteiger partial charge is 0.416 e. The molecule has 0 aliphatic carbocycles. The Hall–Kier alpha value is -1.48. The van der Waals surface area contributed by atoms with Crippen molar-refractivity contribution in [2.45, 2.75) is 36.1 Å². The fraction of sp³-hybridized carbons (Fsp3) is 0.385. The van der Waals surface area contributed by atoms with Crippen molar-refractivity contribution in [3.05, 3.63) is 23.8 Å². The summed E-state index contributed by atoms with van der Waals surface area (Å²) in [5.74, 6) is 0. The van der Waals surface area contributed by atoms with Gasteiger partial charge in [-0.2, -0.15) is 18.4 Å². The zero-order valence-electron chi connectivity index (χ0n) is 10.2. The first kappa shape index (κ1) is 13.9. The van der Waals surface area contributed by atoms with Crippen LogP contribution in [0.4, 0.5) is 18.9 Å². The van der Waals surface area contributed by atoms with Gasteiger partial charge in [0.15, 0.2) is 0 Å². The summed E-state index contributed by atoms with van der Waals surface area (Å²) in [4.78, 5) is 4.86. The van der Waals surface area contributed by atoms with Gasteiger partial charge in [0.2, 0.25) is 0 Å². The standard InChI is InChI=1S/C13H11F3N2S/c1-2-3-9-12(7-17)19-11-5-4-8(13(14,15)16)6-10(11)18-9/h4-6,12H,2-3H2,1H3. The number of benzene rings is 1. The van der Waals surface area contributed by atoms with Crippen LogP contribution in [0, 0.1) is 11.3 Å². The first-order valence-electron chi connectivity index (χ1n) is 5.80. The monoisotopic (exact) mass is 284 g/mol. The average Bonchev–Trinajstić information content (AvgIpc) is 2.36. The molecule has 100 valence electrons. The summed E-state index contributed by atoms with van der Waals surface area (Å²) in [5, 5.41) is 8.67. The van der Waals surface area contributed by atoms with Crippen LogP contribution in [0.3, 0.4) is 0 Å². The normalized spacial score (nSPS) is 18.5. The number of rotatable bonds is 2. The Morgan fingerprint density at radius 2 is 2.16 bits per heavy atom. The molecule has 1 aliphatic rings.